The largest absolute Gasteiger partial charge is 0.417 e. The van der Waals surface area contributed by atoms with Gasteiger partial charge in [0.15, 0.2) is 11.4 Å². The van der Waals surface area contributed by atoms with E-state index in [0.29, 0.717) is 0 Å². The highest BCUT2D eigenvalue weighted by atomic mass is 19.4. The summed E-state index contributed by atoms with van der Waals surface area (Å²) in [4.78, 5) is 3.65. The Balaban J connectivity index is 2.69. The normalized spacial score (nSPS) is 10.5. The third-order valence-corrected chi connectivity index (χ3v) is 2.69. The second-order valence-electron chi connectivity index (χ2n) is 3.87. The molecule has 21 heavy (non-hydrogen) atoms. The molecule has 0 saturated heterocycles. The molecule has 0 atom stereocenters. The second kappa shape index (κ2) is 4.99. The average Bonchev–Trinajstić information content (AvgIpc) is 2.88. The van der Waals surface area contributed by atoms with Crippen molar-refractivity contribution in [2.45, 2.75) is 6.18 Å². The first kappa shape index (κ1) is 14.1. The molecular formula is C13H4F3N5. The van der Waals surface area contributed by atoms with E-state index in [9.17, 15) is 13.2 Å². The predicted molar refractivity (Wildman–Crippen MR) is 62.7 cm³/mol. The fourth-order valence-corrected chi connectivity index (χ4v) is 1.75. The van der Waals surface area contributed by atoms with Gasteiger partial charge in [-0.1, -0.05) is 0 Å². The number of aromatic nitrogens is 2. The van der Waals surface area contributed by atoms with Crippen molar-refractivity contribution >= 4 is 0 Å². The van der Waals surface area contributed by atoms with Crippen LogP contribution in [0, 0.1) is 34.0 Å². The van der Waals surface area contributed by atoms with Crippen molar-refractivity contribution < 1.29 is 13.2 Å². The van der Waals surface area contributed by atoms with Crippen molar-refractivity contribution in [2.75, 3.05) is 0 Å². The lowest BCUT2D eigenvalue weighted by molar-refractivity contribution is -0.137. The molecule has 0 spiro atoms. The molecule has 0 N–H and O–H groups in total. The smallest absolute Gasteiger partial charge is 0.289 e. The zero-order valence-corrected chi connectivity index (χ0v) is 10.2. The number of benzene rings is 1. The van der Waals surface area contributed by atoms with Gasteiger partial charge in [-0.3, -0.25) is 4.57 Å². The highest BCUT2D eigenvalue weighted by molar-refractivity contribution is 5.50. The fourth-order valence-electron chi connectivity index (χ4n) is 1.75. The molecular weight excluding hydrogens is 283 g/mol. The van der Waals surface area contributed by atoms with Crippen LogP contribution in [-0.2, 0) is 6.18 Å². The van der Waals surface area contributed by atoms with Crippen LogP contribution >= 0.6 is 0 Å². The number of hydrogen-bond donors (Lipinski definition) is 0. The van der Waals surface area contributed by atoms with Gasteiger partial charge in [0, 0.05) is 5.69 Å². The Hall–Kier alpha value is -3.31. The summed E-state index contributed by atoms with van der Waals surface area (Å²) in [5, 5.41) is 26.5. The standard InChI is InChI=1S/C13H4F3N5/c14-13(15,16)10-3-9(2-1-8(10)4-17)21-7-20-11(5-18)12(21)6-19/h1-3,7H. The number of nitriles is 3. The van der Waals surface area contributed by atoms with Gasteiger partial charge in [0.2, 0.25) is 0 Å². The Morgan fingerprint density at radius 2 is 1.76 bits per heavy atom. The van der Waals surface area contributed by atoms with Crippen molar-refractivity contribution in [3.8, 4) is 23.9 Å². The molecule has 0 saturated carbocycles. The summed E-state index contributed by atoms with van der Waals surface area (Å²) in [7, 11) is 0. The summed E-state index contributed by atoms with van der Waals surface area (Å²) >= 11 is 0. The Morgan fingerprint density at radius 3 is 2.29 bits per heavy atom. The molecule has 2 aromatic rings. The molecule has 5 nitrogen and oxygen atoms in total. The van der Waals surface area contributed by atoms with E-state index in [1.165, 1.54) is 12.1 Å². The highest BCUT2D eigenvalue weighted by Crippen LogP contribution is 2.33. The van der Waals surface area contributed by atoms with E-state index in [1.807, 2.05) is 0 Å². The van der Waals surface area contributed by atoms with Gasteiger partial charge in [0.1, 0.15) is 18.5 Å². The molecule has 0 aliphatic heterocycles. The summed E-state index contributed by atoms with van der Waals surface area (Å²) in [6.45, 7) is 0. The van der Waals surface area contributed by atoms with Gasteiger partial charge in [-0.2, -0.15) is 29.0 Å². The maximum Gasteiger partial charge on any atom is 0.417 e. The Morgan fingerprint density at radius 1 is 1.05 bits per heavy atom. The van der Waals surface area contributed by atoms with E-state index in [4.69, 9.17) is 15.8 Å². The number of alkyl halides is 3. The molecule has 0 aliphatic rings. The van der Waals surface area contributed by atoms with E-state index in [1.54, 1.807) is 12.1 Å². The van der Waals surface area contributed by atoms with Crippen molar-refractivity contribution in [1.82, 2.24) is 9.55 Å². The summed E-state index contributed by atoms with van der Waals surface area (Å²) in [5.41, 5.74) is -2.00. The van der Waals surface area contributed by atoms with E-state index >= 15 is 0 Å². The van der Waals surface area contributed by atoms with Gasteiger partial charge >= 0.3 is 6.18 Å². The minimum absolute atomic E-state index is 0.00752. The molecule has 0 radical (unpaired) electrons. The molecule has 0 fully saturated rings. The minimum Gasteiger partial charge on any atom is -0.289 e. The van der Waals surface area contributed by atoms with Crippen LogP contribution in [0.3, 0.4) is 0 Å². The van der Waals surface area contributed by atoms with Crippen molar-refractivity contribution in [3.05, 3.63) is 47.0 Å². The zero-order valence-electron chi connectivity index (χ0n) is 10.2. The number of rotatable bonds is 1. The van der Waals surface area contributed by atoms with Crippen molar-refractivity contribution in [3.63, 3.8) is 0 Å². The fraction of sp³-hybridized carbons (Fsp3) is 0.0769. The minimum atomic E-state index is -4.70. The topological polar surface area (TPSA) is 89.2 Å². The number of imidazole rings is 1. The highest BCUT2D eigenvalue weighted by Gasteiger charge is 2.34. The van der Waals surface area contributed by atoms with Gasteiger partial charge in [-0.05, 0) is 18.2 Å². The zero-order chi connectivity index (χ0) is 15.6. The second-order valence-corrected chi connectivity index (χ2v) is 3.87. The molecule has 1 heterocycles. The first-order valence-corrected chi connectivity index (χ1v) is 5.41. The average molecular weight is 287 g/mol. The van der Waals surface area contributed by atoms with Crippen LogP contribution in [0.4, 0.5) is 13.2 Å². The summed E-state index contributed by atoms with van der Waals surface area (Å²) in [5.74, 6) is 0. The lowest BCUT2D eigenvalue weighted by Crippen LogP contribution is -2.09. The number of nitrogens with zero attached hydrogens (tertiary/aromatic N) is 5. The SMILES string of the molecule is N#Cc1ccc(-n2cnc(C#N)c2C#N)cc1C(F)(F)F. The van der Waals surface area contributed by atoms with E-state index in [0.717, 1.165) is 23.0 Å². The third-order valence-electron chi connectivity index (χ3n) is 2.69. The summed E-state index contributed by atoms with van der Waals surface area (Å²) in [6, 6.07) is 7.84. The Bertz CT molecular complexity index is 827. The molecule has 2 rings (SSSR count). The lowest BCUT2D eigenvalue weighted by atomic mass is 10.1. The van der Waals surface area contributed by atoms with Crippen molar-refractivity contribution in [1.29, 1.82) is 15.8 Å². The van der Waals surface area contributed by atoms with Crippen LogP contribution in [0.25, 0.3) is 5.69 Å². The number of hydrogen-bond acceptors (Lipinski definition) is 4. The van der Waals surface area contributed by atoms with Crippen LogP contribution in [-0.4, -0.2) is 9.55 Å². The molecule has 0 unspecified atom stereocenters. The molecule has 8 heteroatoms. The van der Waals surface area contributed by atoms with Crippen LogP contribution in [0.2, 0.25) is 0 Å². The van der Waals surface area contributed by atoms with Crippen LogP contribution in [0.1, 0.15) is 22.5 Å². The third kappa shape index (κ3) is 2.41. The predicted octanol–water partition coefficient (Wildman–Crippen LogP) is 2.51. The van der Waals surface area contributed by atoms with E-state index in [-0.39, 0.29) is 17.1 Å². The maximum absolute atomic E-state index is 12.9. The Labute approximate surface area is 116 Å². The van der Waals surface area contributed by atoms with Gasteiger partial charge in [0.05, 0.1) is 17.2 Å². The maximum atomic E-state index is 12.9. The van der Waals surface area contributed by atoms with Gasteiger partial charge in [0.25, 0.3) is 0 Å². The van der Waals surface area contributed by atoms with Crippen molar-refractivity contribution in [2.24, 2.45) is 0 Å². The molecule has 1 aromatic carbocycles. The first-order chi connectivity index (χ1) is 9.92. The molecule has 0 bridgehead atoms. The van der Waals surface area contributed by atoms with E-state index in [2.05, 4.69) is 4.98 Å². The molecule has 0 aliphatic carbocycles. The molecule has 1 aromatic heterocycles. The first-order valence-electron chi connectivity index (χ1n) is 5.41. The Kier molecular flexibility index (Phi) is 3.35. The van der Waals surface area contributed by atoms with Crippen LogP contribution < -0.4 is 0 Å². The monoisotopic (exact) mass is 287 g/mol. The van der Waals surface area contributed by atoms with E-state index < -0.39 is 17.3 Å². The number of halogens is 3. The molecule has 0 amide bonds. The van der Waals surface area contributed by atoms with Crippen LogP contribution in [0.15, 0.2) is 24.5 Å². The van der Waals surface area contributed by atoms with Crippen LogP contribution in [0.5, 0.6) is 0 Å². The molecule has 102 valence electrons. The van der Waals surface area contributed by atoms with Gasteiger partial charge in [-0.25, -0.2) is 4.98 Å². The van der Waals surface area contributed by atoms with Gasteiger partial charge in [-0.15, -0.1) is 0 Å². The quantitative estimate of drug-likeness (QED) is 0.805. The summed E-state index contributed by atoms with van der Waals surface area (Å²) < 4.78 is 39.7. The lowest BCUT2D eigenvalue weighted by Gasteiger charge is -2.11. The van der Waals surface area contributed by atoms with Gasteiger partial charge < -0.3 is 0 Å². The summed E-state index contributed by atoms with van der Waals surface area (Å²) in [6.07, 6.45) is -3.62.